The van der Waals surface area contributed by atoms with Crippen LogP contribution in [-0.2, 0) is 0 Å². The van der Waals surface area contributed by atoms with Crippen LogP contribution in [0.3, 0.4) is 0 Å². The number of hydrogen-bond acceptors (Lipinski definition) is 6. The van der Waals surface area contributed by atoms with Gasteiger partial charge in [0.2, 0.25) is 0 Å². The minimum absolute atomic E-state index is 0.0188. The first-order valence-corrected chi connectivity index (χ1v) is 7.15. The second-order valence-corrected chi connectivity index (χ2v) is 5.28. The van der Waals surface area contributed by atoms with Crippen LogP contribution in [0, 0.1) is 10.1 Å². The van der Waals surface area contributed by atoms with Crippen molar-refractivity contribution in [2.45, 2.75) is 0 Å². The number of phenols is 1. The highest BCUT2D eigenvalue weighted by Gasteiger charge is 2.19. The predicted molar refractivity (Wildman–Crippen MR) is 90.5 cm³/mol. The number of carbonyl (C=O) groups excluding carboxylic acids is 2. The Morgan fingerprint density at radius 3 is 2.20 bits per heavy atom. The van der Waals surface area contributed by atoms with E-state index in [2.05, 4.69) is 10.9 Å². The van der Waals surface area contributed by atoms with Gasteiger partial charge in [-0.15, -0.1) is 0 Å². The molecular weight excluding hydrogens is 328 g/mol. The summed E-state index contributed by atoms with van der Waals surface area (Å²) in [5, 5.41) is 20.5. The molecule has 0 heterocycles. The molecule has 0 fully saturated rings. The average molecular weight is 344 g/mol. The van der Waals surface area contributed by atoms with Crippen LogP contribution < -0.4 is 15.8 Å². The van der Waals surface area contributed by atoms with Crippen LogP contribution in [0.15, 0.2) is 42.5 Å². The molecule has 0 aliphatic heterocycles. The first kappa shape index (κ1) is 17.7. The number of carbonyl (C=O) groups is 2. The second kappa shape index (κ2) is 7.30. The van der Waals surface area contributed by atoms with Crippen LogP contribution in [0.4, 0.5) is 11.4 Å². The molecule has 0 atom stereocenters. The number of hydrazine groups is 1. The summed E-state index contributed by atoms with van der Waals surface area (Å²) in [6, 6.07) is 9.68. The predicted octanol–water partition coefficient (Wildman–Crippen LogP) is 1.44. The number of para-hydroxylation sites is 1. The smallest absolute Gasteiger partial charge is 0.273 e. The van der Waals surface area contributed by atoms with E-state index in [0.717, 1.165) is 6.07 Å². The van der Waals surface area contributed by atoms with Gasteiger partial charge in [0.1, 0.15) is 5.75 Å². The van der Waals surface area contributed by atoms with Gasteiger partial charge in [0.25, 0.3) is 17.5 Å². The molecule has 0 aromatic heterocycles. The Morgan fingerprint density at radius 1 is 1.04 bits per heavy atom. The van der Waals surface area contributed by atoms with Crippen molar-refractivity contribution in [2.24, 2.45) is 0 Å². The van der Waals surface area contributed by atoms with Gasteiger partial charge in [0.15, 0.2) is 0 Å². The van der Waals surface area contributed by atoms with Crippen molar-refractivity contribution in [1.82, 2.24) is 10.9 Å². The summed E-state index contributed by atoms with van der Waals surface area (Å²) in [6.45, 7) is 0. The Morgan fingerprint density at radius 2 is 1.64 bits per heavy atom. The van der Waals surface area contributed by atoms with E-state index < -0.39 is 16.7 Å². The topological polar surface area (TPSA) is 125 Å². The van der Waals surface area contributed by atoms with Gasteiger partial charge in [-0.1, -0.05) is 12.1 Å². The van der Waals surface area contributed by atoms with E-state index in [9.17, 15) is 24.8 Å². The van der Waals surface area contributed by atoms with E-state index in [-0.39, 0.29) is 22.6 Å². The fourth-order valence-electron chi connectivity index (χ4n) is 2.12. The first-order valence-electron chi connectivity index (χ1n) is 7.15. The summed E-state index contributed by atoms with van der Waals surface area (Å²) < 4.78 is 0. The lowest BCUT2D eigenvalue weighted by Crippen LogP contribution is -2.42. The van der Waals surface area contributed by atoms with Gasteiger partial charge in [-0.3, -0.25) is 30.6 Å². The molecule has 25 heavy (non-hydrogen) atoms. The molecule has 9 nitrogen and oxygen atoms in total. The SMILES string of the molecule is CN(C)c1ccc([N+](=O)[O-])cc1C(=O)NNC(=O)c1ccccc1O. The number of amides is 2. The van der Waals surface area contributed by atoms with E-state index in [1.807, 2.05) is 0 Å². The molecule has 2 rings (SSSR count). The molecule has 9 heteroatoms. The molecule has 0 unspecified atom stereocenters. The number of nitro groups is 1. The van der Waals surface area contributed by atoms with Gasteiger partial charge in [-0.05, 0) is 18.2 Å². The zero-order chi connectivity index (χ0) is 18.6. The highest BCUT2D eigenvalue weighted by Crippen LogP contribution is 2.24. The summed E-state index contributed by atoms with van der Waals surface area (Å²) in [5.41, 5.74) is 4.56. The highest BCUT2D eigenvalue weighted by atomic mass is 16.6. The standard InChI is InChI=1S/C16H16N4O5/c1-19(2)13-8-7-10(20(24)25)9-12(13)16(23)18-17-15(22)11-5-3-4-6-14(11)21/h3-9,21H,1-2H3,(H,17,22)(H,18,23). The third-order valence-electron chi connectivity index (χ3n) is 3.36. The summed E-state index contributed by atoms with van der Waals surface area (Å²) in [7, 11) is 3.36. The third-order valence-corrected chi connectivity index (χ3v) is 3.36. The number of hydrogen-bond donors (Lipinski definition) is 3. The van der Waals surface area contributed by atoms with Crippen LogP contribution in [0.5, 0.6) is 5.75 Å². The lowest BCUT2D eigenvalue weighted by atomic mass is 10.1. The number of phenolic OH excluding ortho intramolecular Hbond substituents is 1. The monoisotopic (exact) mass is 344 g/mol. The van der Waals surface area contributed by atoms with E-state index in [4.69, 9.17) is 0 Å². The van der Waals surface area contributed by atoms with E-state index in [0.29, 0.717) is 5.69 Å². The van der Waals surface area contributed by atoms with Gasteiger partial charge >= 0.3 is 0 Å². The Hall–Kier alpha value is -3.62. The minimum atomic E-state index is -0.726. The summed E-state index contributed by atoms with van der Waals surface area (Å²) >= 11 is 0. The number of nitrogens with one attached hydrogen (secondary N) is 2. The van der Waals surface area contributed by atoms with Crippen LogP contribution in [0.1, 0.15) is 20.7 Å². The fourth-order valence-corrected chi connectivity index (χ4v) is 2.12. The Balaban J connectivity index is 2.20. The quantitative estimate of drug-likeness (QED) is 0.569. The Kier molecular flexibility index (Phi) is 5.18. The van der Waals surface area contributed by atoms with Gasteiger partial charge in [0.05, 0.1) is 16.1 Å². The molecule has 0 saturated heterocycles. The molecule has 130 valence electrons. The third kappa shape index (κ3) is 4.02. The first-order chi connectivity index (χ1) is 11.8. The van der Waals surface area contributed by atoms with Gasteiger partial charge in [-0.2, -0.15) is 0 Å². The summed E-state index contributed by atoms with van der Waals surface area (Å²) in [4.78, 5) is 36.2. The molecule has 0 bridgehead atoms. The molecule has 0 saturated carbocycles. The van der Waals surface area contributed by atoms with Crippen LogP contribution >= 0.6 is 0 Å². The maximum atomic E-state index is 12.3. The molecule has 0 aliphatic carbocycles. The van der Waals surface area contributed by atoms with Gasteiger partial charge in [-0.25, -0.2) is 0 Å². The van der Waals surface area contributed by atoms with Gasteiger partial charge < -0.3 is 10.0 Å². The minimum Gasteiger partial charge on any atom is -0.507 e. The summed E-state index contributed by atoms with van der Waals surface area (Å²) in [6.07, 6.45) is 0. The number of nitro benzene ring substituents is 1. The van der Waals surface area contributed by atoms with Crippen molar-refractivity contribution in [3.8, 4) is 5.75 Å². The van der Waals surface area contributed by atoms with E-state index in [1.54, 1.807) is 31.1 Å². The number of anilines is 1. The number of rotatable bonds is 4. The number of nitrogens with zero attached hydrogens (tertiary/aromatic N) is 2. The van der Waals surface area contributed by atoms with Gasteiger partial charge in [0, 0.05) is 31.9 Å². The zero-order valence-corrected chi connectivity index (χ0v) is 13.5. The normalized spacial score (nSPS) is 10.0. The molecule has 2 aromatic carbocycles. The van der Waals surface area contributed by atoms with Crippen LogP contribution in [0.25, 0.3) is 0 Å². The molecule has 2 amide bonds. The number of aromatic hydroxyl groups is 1. The Bertz CT molecular complexity index is 835. The average Bonchev–Trinajstić information content (AvgIpc) is 2.59. The van der Waals surface area contributed by atoms with Crippen LogP contribution in [0.2, 0.25) is 0 Å². The molecule has 0 aliphatic rings. The lowest BCUT2D eigenvalue weighted by Gasteiger charge is -2.17. The van der Waals surface area contributed by atoms with Crippen molar-refractivity contribution in [3.05, 3.63) is 63.7 Å². The van der Waals surface area contributed by atoms with Crippen LogP contribution in [-0.4, -0.2) is 35.9 Å². The van der Waals surface area contributed by atoms with E-state index in [1.165, 1.54) is 24.3 Å². The number of non-ortho nitro benzene ring substituents is 1. The molecule has 2 aromatic rings. The maximum Gasteiger partial charge on any atom is 0.273 e. The largest absolute Gasteiger partial charge is 0.507 e. The van der Waals surface area contributed by atoms with Crippen molar-refractivity contribution >= 4 is 23.2 Å². The molecule has 3 N–H and O–H groups in total. The van der Waals surface area contributed by atoms with Crippen molar-refractivity contribution < 1.29 is 19.6 Å². The highest BCUT2D eigenvalue weighted by molar-refractivity contribution is 6.03. The van der Waals surface area contributed by atoms with Crippen molar-refractivity contribution in [2.75, 3.05) is 19.0 Å². The lowest BCUT2D eigenvalue weighted by molar-refractivity contribution is -0.384. The molecule has 0 spiro atoms. The molecular formula is C16H16N4O5. The second-order valence-electron chi connectivity index (χ2n) is 5.28. The van der Waals surface area contributed by atoms with E-state index >= 15 is 0 Å². The zero-order valence-electron chi connectivity index (χ0n) is 13.5. The maximum absolute atomic E-state index is 12.3. The number of benzene rings is 2. The fraction of sp³-hybridized carbons (Fsp3) is 0.125. The Labute approximate surface area is 143 Å². The molecule has 0 radical (unpaired) electrons. The van der Waals surface area contributed by atoms with Crippen molar-refractivity contribution in [1.29, 1.82) is 0 Å². The summed E-state index contributed by atoms with van der Waals surface area (Å²) in [5.74, 6) is -1.68. The van der Waals surface area contributed by atoms with Crippen molar-refractivity contribution in [3.63, 3.8) is 0 Å².